The van der Waals surface area contributed by atoms with E-state index in [0.29, 0.717) is 13.1 Å². The zero-order valence-corrected chi connectivity index (χ0v) is 11.0. The number of nitrogens with zero attached hydrogens (tertiary/aromatic N) is 3. The van der Waals surface area contributed by atoms with Gasteiger partial charge < -0.3 is 11.1 Å². The molecule has 0 aliphatic carbocycles. The number of amides is 1. The summed E-state index contributed by atoms with van der Waals surface area (Å²) in [6.45, 7) is 0.947. The van der Waals surface area contributed by atoms with Crippen molar-refractivity contribution in [3.05, 3.63) is 34.3 Å². The van der Waals surface area contributed by atoms with Crippen LogP contribution in [0.3, 0.4) is 0 Å². The van der Waals surface area contributed by atoms with Crippen molar-refractivity contribution in [3.63, 3.8) is 0 Å². The molecule has 1 amide bonds. The van der Waals surface area contributed by atoms with Crippen LogP contribution in [0, 0.1) is 11.8 Å². The van der Waals surface area contributed by atoms with Gasteiger partial charge in [-0.25, -0.2) is 4.68 Å². The number of hydrogen-bond acceptors (Lipinski definition) is 5. The smallest absolute Gasteiger partial charge is 0.242 e. The summed E-state index contributed by atoms with van der Waals surface area (Å²) in [5, 5.41) is 12.1. The van der Waals surface area contributed by atoms with Gasteiger partial charge in [0.15, 0.2) is 0 Å². The average molecular weight is 275 g/mol. The van der Waals surface area contributed by atoms with Gasteiger partial charge in [0.2, 0.25) is 5.91 Å². The molecule has 0 atom stereocenters. The fourth-order valence-corrected chi connectivity index (χ4v) is 2.20. The van der Waals surface area contributed by atoms with Gasteiger partial charge in [-0.3, -0.25) is 4.79 Å². The molecule has 0 aromatic carbocycles. The van der Waals surface area contributed by atoms with Crippen LogP contribution in [0.1, 0.15) is 10.4 Å². The molecule has 2 rings (SSSR count). The lowest BCUT2D eigenvalue weighted by atomic mass is 10.2. The first-order valence-electron chi connectivity index (χ1n) is 5.65. The molecule has 0 unspecified atom stereocenters. The molecule has 2 aromatic heterocycles. The van der Waals surface area contributed by atoms with Gasteiger partial charge in [0.05, 0.1) is 19.3 Å². The maximum atomic E-state index is 11.7. The number of hydrogen-bond donors (Lipinski definition) is 2. The van der Waals surface area contributed by atoms with Crippen molar-refractivity contribution < 1.29 is 4.79 Å². The minimum absolute atomic E-state index is 0.114. The van der Waals surface area contributed by atoms with Gasteiger partial charge in [-0.05, 0) is 11.4 Å². The Morgan fingerprint density at radius 2 is 2.47 bits per heavy atom. The Bertz CT molecular complexity index is 593. The number of nitrogens with one attached hydrogen (secondary N) is 1. The summed E-state index contributed by atoms with van der Waals surface area (Å²) in [4.78, 5) is 12.7. The SMILES string of the molecule is NCC#Cc1ccsc1CNC(=O)Cn1ccnn1. The van der Waals surface area contributed by atoms with Gasteiger partial charge in [0, 0.05) is 16.6 Å². The third-order valence-electron chi connectivity index (χ3n) is 2.29. The molecule has 2 aromatic rings. The first-order valence-corrected chi connectivity index (χ1v) is 6.53. The van der Waals surface area contributed by atoms with E-state index in [1.807, 2.05) is 11.4 Å². The average Bonchev–Trinajstić information content (AvgIpc) is 3.05. The first-order chi connectivity index (χ1) is 9.29. The van der Waals surface area contributed by atoms with E-state index in [0.717, 1.165) is 10.4 Å². The predicted octanol–water partition coefficient (Wildman–Crippen LogP) is -0.0338. The highest BCUT2D eigenvalue weighted by atomic mass is 32.1. The largest absolute Gasteiger partial charge is 0.350 e. The summed E-state index contributed by atoms with van der Waals surface area (Å²) in [6.07, 6.45) is 3.18. The molecule has 0 aliphatic heterocycles. The maximum absolute atomic E-state index is 11.7. The molecule has 0 aliphatic rings. The van der Waals surface area contributed by atoms with Crippen LogP contribution in [0.2, 0.25) is 0 Å². The zero-order chi connectivity index (χ0) is 13.5. The number of thiophene rings is 1. The van der Waals surface area contributed by atoms with E-state index in [2.05, 4.69) is 27.5 Å². The highest BCUT2D eigenvalue weighted by Crippen LogP contribution is 2.15. The molecule has 19 heavy (non-hydrogen) atoms. The molecule has 2 heterocycles. The van der Waals surface area contributed by atoms with E-state index in [1.54, 1.807) is 17.5 Å². The minimum atomic E-state index is -0.114. The number of rotatable bonds is 4. The summed E-state index contributed by atoms with van der Waals surface area (Å²) >= 11 is 1.56. The van der Waals surface area contributed by atoms with Crippen LogP contribution in [0.4, 0.5) is 0 Å². The third-order valence-corrected chi connectivity index (χ3v) is 3.22. The Hall–Kier alpha value is -2.17. The molecular formula is C12H13N5OS. The number of carbonyl (C=O) groups excluding carboxylic acids is 1. The van der Waals surface area contributed by atoms with E-state index >= 15 is 0 Å². The van der Waals surface area contributed by atoms with Gasteiger partial charge in [-0.2, -0.15) is 0 Å². The van der Waals surface area contributed by atoms with E-state index in [9.17, 15) is 4.79 Å². The Kier molecular flexibility index (Phi) is 4.66. The molecule has 0 saturated heterocycles. The van der Waals surface area contributed by atoms with Crippen LogP contribution < -0.4 is 11.1 Å². The molecule has 0 bridgehead atoms. The second kappa shape index (κ2) is 6.68. The fraction of sp³-hybridized carbons (Fsp3) is 0.250. The molecule has 0 fully saturated rings. The Morgan fingerprint density at radius 1 is 1.58 bits per heavy atom. The van der Waals surface area contributed by atoms with E-state index in [4.69, 9.17) is 5.73 Å². The van der Waals surface area contributed by atoms with E-state index < -0.39 is 0 Å². The fourth-order valence-electron chi connectivity index (χ4n) is 1.43. The molecular weight excluding hydrogens is 262 g/mol. The van der Waals surface area contributed by atoms with Crippen LogP contribution in [-0.2, 0) is 17.9 Å². The van der Waals surface area contributed by atoms with Crippen LogP contribution >= 0.6 is 11.3 Å². The van der Waals surface area contributed by atoms with Crippen molar-refractivity contribution in [2.75, 3.05) is 6.54 Å². The van der Waals surface area contributed by atoms with Gasteiger partial charge in [-0.1, -0.05) is 17.1 Å². The lowest BCUT2D eigenvalue weighted by Crippen LogP contribution is -2.27. The summed E-state index contributed by atoms with van der Waals surface area (Å²) in [7, 11) is 0. The quantitative estimate of drug-likeness (QED) is 0.767. The first kappa shape index (κ1) is 13.3. The Morgan fingerprint density at radius 3 is 3.21 bits per heavy atom. The molecule has 0 radical (unpaired) electrons. The number of aromatic nitrogens is 3. The summed E-state index contributed by atoms with van der Waals surface area (Å²) in [6, 6.07) is 1.92. The highest BCUT2D eigenvalue weighted by molar-refractivity contribution is 7.10. The number of nitrogens with two attached hydrogens (primary N) is 1. The van der Waals surface area contributed by atoms with Gasteiger partial charge in [-0.15, -0.1) is 16.4 Å². The summed E-state index contributed by atoms with van der Waals surface area (Å²) in [5.74, 6) is 5.67. The topological polar surface area (TPSA) is 85.8 Å². The Labute approximate surface area is 114 Å². The van der Waals surface area contributed by atoms with Gasteiger partial charge >= 0.3 is 0 Å². The van der Waals surface area contributed by atoms with E-state index in [-0.39, 0.29) is 12.5 Å². The van der Waals surface area contributed by atoms with Crippen LogP contribution in [0.5, 0.6) is 0 Å². The van der Waals surface area contributed by atoms with Crippen LogP contribution in [-0.4, -0.2) is 27.4 Å². The monoisotopic (exact) mass is 275 g/mol. The van der Waals surface area contributed by atoms with Crippen LogP contribution in [0.15, 0.2) is 23.8 Å². The molecule has 7 heteroatoms. The van der Waals surface area contributed by atoms with Crippen molar-refractivity contribution in [2.24, 2.45) is 5.73 Å². The normalized spacial score (nSPS) is 9.74. The van der Waals surface area contributed by atoms with Gasteiger partial charge in [0.25, 0.3) is 0 Å². The minimum Gasteiger partial charge on any atom is -0.350 e. The highest BCUT2D eigenvalue weighted by Gasteiger charge is 2.06. The molecule has 6 nitrogen and oxygen atoms in total. The molecule has 0 saturated carbocycles. The second-order valence-corrected chi connectivity index (χ2v) is 4.64. The molecule has 98 valence electrons. The lowest BCUT2D eigenvalue weighted by molar-refractivity contribution is -0.122. The van der Waals surface area contributed by atoms with Crippen molar-refractivity contribution in [2.45, 2.75) is 13.1 Å². The van der Waals surface area contributed by atoms with Gasteiger partial charge in [0.1, 0.15) is 6.54 Å². The predicted molar refractivity (Wildman–Crippen MR) is 72.1 cm³/mol. The third kappa shape index (κ3) is 3.91. The van der Waals surface area contributed by atoms with Crippen molar-refractivity contribution >= 4 is 17.2 Å². The molecule has 0 spiro atoms. The van der Waals surface area contributed by atoms with Crippen molar-refractivity contribution in [1.29, 1.82) is 0 Å². The van der Waals surface area contributed by atoms with E-state index in [1.165, 1.54) is 10.9 Å². The standard InChI is InChI=1S/C12H13N5OS/c13-4-1-2-10-3-7-19-11(10)8-14-12(18)9-17-6-5-15-16-17/h3,5-7H,4,8-9,13H2,(H,14,18). The van der Waals surface area contributed by atoms with Crippen molar-refractivity contribution in [1.82, 2.24) is 20.3 Å². The summed E-state index contributed by atoms with van der Waals surface area (Å²) < 4.78 is 1.47. The Balaban J connectivity index is 1.88. The maximum Gasteiger partial charge on any atom is 0.242 e. The number of carbonyl (C=O) groups is 1. The van der Waals surface area contributed by atoms with Crippen molar-refractivity contribution in [3.8, 4) is 11.8 Å². The van der Waals surface area contributed by atoms with Crippen LogP contribution in [0.25, 0.3) is 0 Å². The summed E-state index contributed by atoms with van der Waals surface area (Å²) in [5.41, 5.74) is 6.25. The molecule has 3 N–H and O–H groups in total. The lowest BCUT2D eigenvalue weighted by Gasteiger charge is -2.04. The zero-order valence-electron chi connectivity index (χ0n) is 10.2. The second-order valence-electron chi connectivity index (χ2n) is 3.64.